The number of nitrogens with one attached hydrogen (secondary N) is 1. The Bertz CT molecular complexity index is 1470. The van der Waals surface area contributed by atoms with Crippen molar-refractivity contribution in [1.82, 2.24) is 4.57 Å². The largest absolute Gasteiger partial charge is 0.497 e. The van der Waals surface area contributed by atoms with Crippen molar-refractivity contribution < 1.29 is 28.5 Å². The van der Waals surface area contributed by atoms with Crippen molar-refractivity contribution in [3.63, 3.8) is 0 Å². The molecule has 2 heterocycles. The highest BCUT2D eigenvalue weighted by Gasteiger charge is 2.22. The zero-order valence-electron chi connectivity index (χ0n) is 18.6. The van der Waals surface area contributed by atoms with Gasteiger partial charge in [0.2, 0.25) is 5.88 Å². The number of aromatic nitrogens is 1. The fourth-order valence-electron chi connectivity index (χ4n) is 4.16. The van der Waals surface area contributed by atoms with Gasteiger partial charge in [0.1, 0.15) is 17.3 Å². The maximum atomic E-state index is 14.3. The van der Waals surface area contributed by atoms with Crippen molar-refractivity contribution in [2.45, 2.75) is 13.2 Å². The van der Waals surface area contributed by atoms with Crippen LogP contribution in [0.1, 0.15) is 21.5 Å². The van der Waals surface area contributed by atoms with Gasteiger partial charge in [-0.05, 0) is 53.7 Å². The molecule has 1 amide bonds. The van der Waals surface area contributed by atoms with Gasteiger partial charge in [0, 0.05) is 27.8 Å². The zero-order valence-corrected chi connectivity index (χ0v) is 18.6. The highest BCUT2D eigenvalue weighted by atomic mass is 19.1. The Morgan fingerprint density at radius 1 is 1.23 bits per heavy atom. The first-order valence-electron chi connectivity index (χ1n) is 10.6. The number of hydrogen-bond donors (Lipinski definition) is 2. The van der Waals surface area contributed by atoms with Crippen LogP contribution in [0.2, 0.25) is 0 Å². The zero-order chi connectivity index (χ0) is 24.5. The van der Waals surface area contributed by atoms with Crippen molar-refractivity contribution >= 4 is 28.2 Å². The number of aromatic hydroxyl groups is 1. The van der Waals surface area contributed by atoms with Crippen LogP contribution >= 0.6 is 0 Å². The van der Waals surface area contributed by atoms with E-state index < -0.39 is 5.82 Å². The number of benzene rings is 3. The quantitative estimate of drug-likeness (QED) is 0.376. The summed E-state index contributed by atoms with van der Waals surface area (Å²) in [6.07, 6.45) is 0. The van der Waals surface area contributed by atoms with Gasteiger partial charge in [-0.2, -0.15) is 0 Å². The molecule has 0 fully saturated rings. The first-order chi connectivity index (χ1) is 17.0. The molecule has 5 rings (SSSR count). The van der Waals surface area contributed by atoms with Crippen LogP contribution < -0.4 is 14.8 Å². The van der Waals surface area contributed by atoms with E-state index >= 15 is 0 Å². The van der Waals surface area contributed by atoms with E-state index in [0.717, 1.165) is 0 Å². The lowest BCUT2D eigenvalue weighted by atomic mass is 10.1. The summed E-state index contributed by atoms with van der Waals surface area (Å²) in [6.45, 7) is 0.205. The molecule has 0 aliphatic carbocycles. The summed E-state index contributed by atoms with van der Waals surface area (Å²) >= 11 is 0. The van der Waals surface area contributed by atoms with Crippen LogP contribution in [0.5, 0.6) is 17.4 Å². The molecular formula is C25H20FN3O6. The molecule has 10 heteroatoms. The predicted octanol–water partition coefficient (Wildman–Crippen LogP) is 5.06. The minimum Gasteiger partial charge on any atom is -0.497 e. The van der Waals surface area contributed by atoms with Gasteiger partial charge >= 0.3 is 0 Å². The van der Waals surface area contributed by atoms with Crippen LogP contribution in [-0.4, -0.2) is 29.5 Å². The Kier molecular flexibility index (Phi) is 5.79. The van der Waals surface area contributed by atoms with Crippen LogP contribution in [0.25, 0.3) is 10.9 Å². The van der Waals surface area contributed by atoms with E-state index in [4.69, 9.17) is 14.2 Å². The molecule has 1 aromatic heterocycles. The fourth-order valence-corrected chi connectivity index (χ4v) is 4.16. The molecule has 9 nitrogen and oxygen atoms in total. The number of fused-ring (bicyclic) bond motifs is 2. The number of rotatable bonds is 6. The minimum atomic E-state index is -0.483. The molecule has 1 aliphatic rings. The first kappa shape index (κ1) is 22.4. The van der Waals surface area contributed by atoms with Crippen LogP contribution in [-0.2, 0) is 17.9 Å². The standard InChI is InChI=1S/C25H20FN3O6/c1-33-19-4-2-3-14(9-19)24(30)27-18-5-6-20-21(10-18)29(25(31)22(20)28-32)11-15-7-17(26)8-16-12-34-13-35-23(15)16/h2-10,31H,11-13H2,1H3,(H,27,30). The van der Waals surface area contributed by atoms with Crippen molar-refractivity contribution in [3.8, 4) is 17.4 Å². The van der Waals surface area contributed by atoms with Crippen molar-refractivity contribution in [2.24, 2.45) is 5.18 Å². The number of anilines is 1. The van der Waals surface area contributed by atoms with Crippen LogP contribution in [0, 0.1) is 10.7 Å². The molecule has 35 heavy (non-hydrogen) atoms. The number of hydrogen-bond acceptors (Lipinski definition) is 7. The molecule has 0 saturated carbocycles. The van der Waals surface area contributed by atoms with Gasteiger partial charge in [-0.25, -0.2) is 4.39 Å². The molecule has 0 spiro atoms. The normalized spacial score (nSPS) is 12.6. The van der Waals surface area contributed by atoms with Gasteiger partial charge in [-0.3, -0.25) is 4.79 Å². The lowest BCUT2D eigenvalue weighted by Gasteiger charge is -2.21. The highest BCUT2D eigenvalue weighted by molar-refractivity contribution is 6.06. The molecule has 178 valence electrons. The summed E-state index contributed by atoms with van der Waals surface area (Å²) in [5.41, 5.74) is 2.09. The lowest BCUT2D eigenvalue weighted by Crippen LogP contribution is -2.15. The summed E-state index contributed by atoms with van der Waals surface area (Å²) in [7, 11) is 1.51. The minimum absolute atomic E-state index is 0.00870. The van der Waals surface area contributed by atoms with E-state index in [1.54, 1.807) is 42.5 Å². The summed E-state index contributed by atoms with van der Waals surface area (Å²) in [4.78, 5) is 24.3. The van der Waals surface area contributed by atoms with E-state index in [2.05, 4.69) is 10.5 Å². The van der Waals surface area contributed by atoms with E-state index in [0.29, 0.717) is 44.8 Å². The van der Waals surface area contributed by atoms with Crippen LogP contribution in [0.4, 0.5) is 15.8 Å². The smallest absolute Gasteiger partial charge is 0.255 e. The Hall–Kier alpha value is -4.44. The molecule has 0 saturated heterocycles. The van der Waals surface area contributed by atoms with Crippen molar-refractivity contribution in [3.05, 3.63) is 82.0 Å². The van der Waals surface area contributed by atoms with Gasteiger partial charge in [-0.15, -0.1) is 4.91 Å². The van der Waals surface area contributed by atoms with Gasteiger partial charge in [0.05, 0.1) is 25.8 Å². The maximum Gasteiger partial charge on any atom is 0.255 e. The van der Waals surface area contributed by atoms with E-state index in [9.17, 15) is 19.2 Å². The van der Waals surface area contributed by atoms with Crippen molar-refractivity contribution in [2.75, 3.05) is 19.2 Å². The molecule has 2 N–H and O–H groups in total. The third-order valence-corrected chi connectivity index (χ3v) is 5.77. The van der Waals surface area contributed by atoms with E-state index in [1.807, 2.05) is 0 Å². The van der Waals surface area contributed by atoms with Gasteiger partial charge < -0.3 is 29.2 Å². The van der Waals surface area contributed by atoms with E-state index in [-0.39, 0.29) is 37.4 Å². The van der Waals surface area contributed by atoms with Crippen LogP contribution in [0.15, 0.2) is 59.8 Å². The number of methoxy groups -OCH3 is 1. The lowest BCUT2D eigenvalue weighted by molar-refractivity contribution is -0.0173. The summed E-state index contributed by atoms with van der Waals surface area (Å²) in [5, 5.41) is 16.9. The molecular weight excluding hydrogens is 457 g/mol. The number of nitrogens with zero attached hydrogens (tertiary/aromatic N) is 2. The van der Waals surface area contributed by atoms with Gasteiger partial charge in [-0.1, -0.05) is 6.07 Å². The summed E-state index contributed by atoms with van der Waals surface area (Å²) in [6, 6.07) is 14.1. The molecule has 3 aromatic carbocycles. The average Bonchev–Trinajstić information content (AvgIpc) is 3.13. The Balaban J connectivity index is 1.54. The van der Waals surface area contributed by atoms with Crippen LogP contribution in [0.3, 0.4) is 0 Å². The molecule has 4 aromatic rings. The molecule has 1 aliphatic heterocycles. The molecule has 0 bridgehead atoms. The second-order valence-corrected chi connectivity index (χ2v) is 7.93. The monoisotopic (exact) mass is 477 g/mol. The Morgan fingerprint density at radius 3 is 2.89 bits per heavy atom. The second-order valence-electron chi connectivity index (χ2n) is 7.93. The third-order valence-electron chi connectivity index (χ3n) is 5.77. The van der Waals surface area contributed by atoms with E-state index in [1.165, 1.54) is 23.8 Å². The Morgan fingerprint density at radius 2 is 2.09 bits per heavy atom. The summed E-state index contributed by atoms with van der Waals surface area (Å²) < 4.78 is 31.6. The van der Waals surface area contributed by atoms with Gasteiger partial charge in [0.25, 0.3) is 5.91 Å². The second kappa shape index (κ2) is 9.07. The first-order valence-corrected chi connectivity index (χ1v) is 10.6. The van der Waals surface area contributed by atoms with Crippen molar-refractivity contribution in [1.29, 1.82) is 0 Å². The molecule has 0 unspecified atom stereocenters. The highest BCUT2D eigenvalue weighted by Crippen LogP contribution is 2.41. The molecule has 0 atom stereocenters. The topological polar surface area (TPSA) is 111 Å². The molecule has 0 radical (unpaired) electrons. The number of amides is 1. The Labute approximate surface area is 198 Å². The maximum absolute atomic E-state index is 14.3. The third kappa shape index (κ3) is 4.15. The predicted molar refractivity (Wildman–Crippen MR) is 126 cm³/mol. The number of halogens is 1. The summed E-state index contributed by atoms with van der Waals surface area (Å²) in [5.74, 6) is -0.228. The van der Waals surface area contributed by atoms with Gasteiger partial charge in [0.15, 0.2) is 12.5 Å². The number of carbonyl (C=O) groups is 1. The number of nitroso groups, excluding NO2 is 1. The number of carbonyl (C=O) groups excluding carboxylic acids is 1. The number of ether oxygens (including phenoxy) is 3. The fraction of sp³-hybridized carbons (Fsp3) is 0.160. The average molecular weight is 477 g/mol. The SMILES string of the molecule is COc1cccc(C(=O)Nc2ccc3c(N=O)c(O)n(Cc4cc(F)cc5c4OCOC5)c3c2)c1.